The van der Waals surface area contributed by atoms with Crippen molar-refractivity contribution in [3.05, 3.63) is 22.7 Å². The molecule has 0 spiro atoms. The number of aliphatic hydroxyl groups is 1. The van der Waals surface area contributed by atoms with Crippen molar-refractivity contribution in [1.29, 1.82) is 0 Å². The molecule has 0 saturated heterocycles. The highest BCUT2D eigenvalue weighted by molar-refractivity contribution is 9.10. The lowest BCUT2D eigenvalue weighted by Crippen LogP contribution is -2.16. The summed E-state index contributed by atoms with van der Waals surface area (Å²) in [6, 6.07) is 5.69. The molecule has 0 aliphatic rings. The van der Waals surface area contributed by atoms with Crippen molar-refractivity contribution >= 4 is 38.6 Å². The van der Waals surface area contributed by atoms with Crippen molar-refractivity contribution in [2.24, 2.45) is 0 Å². The van der Waals surface area contributed by atoms with E-state index in [1.54, 1.807) is 6.92 Å². The number of aromatic nitrogens is 2. The molecule has 0 bridgehead atoms. The maximum Gasteiger partial charge on any atom is 0.222 e. The van der Waals surface area contributed by atoms with Crippen LogP contribution in [0, 0.1) is 0 Å². The fourth-order valence-corrected chi connectivity index (χ4v) is 1.85. The van der Waals surface area contributed by atoms with Crippen LogP contribution < -0.4 is 11.1 Å². The molecule has 0 amide bonds. The maximum absolute atomic E-state index is 9.25. The SMILES string of the molecule is C[C@@H](O)CNc1nc(N)nc2cc(Br)ccc12. The smallest absolute Gasteiger partial charge is 0.222 e. The summed E-state index contributed by atoms with van der Waals surface area (Å²) in [5.41, 5.74) is 6.40. The topological polar surface area (TPSA) is 84.1 Å². The first-order chi connectivity index (χ1) is 8.06. The minimum absolute atomic E-state index is 0.212. The Labute approximate surface area is 107 Å². The first-order valence-electron chi connectivity index (χ1n) is 5.21. The van der Waals surface area contributed by atoms with E-state index >= 15 is 0 Å². The van der Waals surface area contributed by atoms with E-state index in [2.05, 4.69) is 31.2 Å². The molecule has 2 aromatic rings. The number of aliphatic hydroxyl groups excluding tert-OH is 1. The zero-order chi connectivity index (χ0) is 12.4. The Hall–Kier alpha value is -1.40. The molecule has 0 unspecified atom stereocenters. The van der Waals surface area contributed by atoms with Gasteiger partial charge in [0.25, 0.3) is 0 Å². The highest BCUT2D eigenvalue weighted by Crippen LogP contribution is 2.24. The highest BCUT2D eigenvalue weighted by atomic mass is 79.9. The second-order valence-corrected chi connectivity index (χ2v) is 4.74. The van der Waals surface area contributed by atoms with Crippen LogP contribution in [0.2, 0.25) is 0 Å². The molecule has 6 heteroatoms. The quantitative estimate of drug-likeness (QED) is 0.804. The summed E-state index contributed by atoms with van der Waals surface area (Å²) >= 11 is 3.38. The Morgan fingerprint density at radius 2 is 2.24 bits per heavy atom. The van der Waals surface area contributed by atoms with Gasteiger partial charge < -0.3 is 16.2 Å². The maximum atomic E-state index is 9.25. The van der Waals surface area contributed by atoms with Crippen molar-refractivity contribution in [3.63, 3.8) is 0 Å². The molecule has 0 saturated carbocycles. The third kappa shape index (κ3) is 2.83. The van der Waals surface area contributed by atoms with Gasteiger partial charge in [0.1, 0.15) is 5.82 Å². The lowest BCUT2D eigenvalue weighted by Gasteiger charge is -2.10. The van der Waals surface area contributed by atoms with Gasteiger partial charge in [-0.1, -0.05) is 15.9 Å². The summed E-state index contributed by atoms with van der Waals surface area (Å²) in [6.45, 7) is 2.12. The number of nitrogens with two attached hydrogens (primary N) is 1. The Morgan fingerprint density at radius 3 is 2.94 bits per heavy atom. The molecular weight excluding hydrogens is 284 g/mol. The normalized spacial score (nSPS) is 12.6. The molecule has 4 N–H and O–H groups in total. The Morgan fingerprint density at radius 1 is 1.47 bits per heavy atom. The van der Waals surface area contributed by atoms with Gasteiger partial charge in [-0.3, -0.25) is 0 Å². The first-order valence-corrected chi connectivity index (χ1v) is 6.00. The lowest BCUT2D eigenvalue weighted by molar-refractivity contribution is 0.208. The Balaban J connectivity index is 2.46. The number of fused-ring (bicyclic) bond motifs is 1. The van der Waals surface area contributed by atoms with Crippen LogP contribution in [0.4, 0.5) is 11.8 Å². The van der Waals surface area contributed by atoms with E-state index in [0.29, 0.717) is 12.4 Å². The molecule has 5 nitrogen and oxygen atoms in total. The van der Waals surface area contributed by atoms with Crippen LogP contribution in [0.3, 0.4) is 0 Å². The van der Waals surface area contributed by atoms with Gasteiger partial charge >= 0.3 is 0 Å². The van der Waals surface area contributed by atoms with Crippen LogP contribution in [0.25, 0.3) is 10.9 Å². The van der Waals surface area contributed by atoms with Crippen molar-refractivity contribution in [2.75, 3.05) is 17.6 Å². The zero-order valence-electron chi connectivity index (χ0n) is 9.31. The number of anilines is 2. The average molecular weight is 297 g/mol. The number of halogens is 1. The number of benzene rings is 1. The van der Waals surface area contributed by atoms with Crippen molar-refractivity contribution < 1.29 is 5.11 Å². The van der Waals surface area contributed by atoms with Crippen LogP contribution in [0.15, 0.2) is 22.7 Å². The molecule has 0 fully saturated rings. The summed E-state index contributed by atoms with van der Waals surface area (Å²) in [7, 11) is 0. The van der Waals surface area contributed by atoms with E-state index in [1.165, 1.54) is 0 Å². The number of rotatable bonds is 3. The summed E-state index contributed by atoms with van der Waals surface area (Å²) in [6.07, 6.45) is -0.448. The fraction of sp³-hybridized carbons (Fsp3) is 0.273. The summed E-state index contributed by atoms with van der Waals surface area (Å²) in [5, 5.41) is 13.2. The number of nitrogen functional groups attached to an aromatic ring is 1. The van der Waals surface area contributed by atoms with Crippen molar-refractivity contribution in [1.82, 2.24) is 9.97 Å². The van der Waals surface area contributed by atoms with Gasteiger partial charge in [0.15, 0.2) is 0 Å². The lowest BCUT2D eigenvalue weighted by atomic mass is 10.2. The predicted molar refractivity (Wildman–Crippen MR) is 71.8 cm³/mol. The molecule has 0 radical (unpaired) electrons. The van der Waals surface area contributed by atoms with Gasteiger partial charge in [0.05, 0.1) is 11.6 Å². The first kappa shape index (κ1) is 12.1. The number of hydrogen-bond donors (Lipinski definition) is 3. The van der Waals surface area contributed by atoms with Gasteiger partial charge in [-0.25, -0.2) is 4.98 Å². The molecule has 0 aliphatic carbocycles. The molecule has 1 aromatic carbocycles. The van der Waals surface area contributed by atoms with Crippen LogP contribution in [0.1, 0.15) is 6.92 Å². The molecule has 1 atom stereocenters. The number of nitrogens with zero attached hydrogens (tertiary/aromatic N) is 2. The van der Waals surface area contributed by atoms with E-state index < -0.39 is 6.10 Å². The summed E-state index contributed by atoms with van der Waals surface area (Å²) < 4.78 is 0.935. The zero-order valence-corrected chi connectivity index (χ0v) is 10.9. The van der Waals surface area contributed by atoms with E-state index in [9.17, 15) is 5.11 Å². The Kier molecular flexibility index (Phi) is 3.44. The van der Waals surface area contributed by atoms with Crippen molar-refractivity contribution in [3.8, 4) is 0 Å². The largest absolute Gasteiger partial charge is 0.392 e. The average Bonchev–Trinajstić information content (AvgIpc) is 2.24. The number of hydrogen-bond acceptors (Lipinski definition) is 5. The monoisotopic (exact) mass is 296 g/mol. The van der Waals surface area contributed by atoms with Gasteiger partial charge in [0, 0.05) is 16.4 Å². The van der Waals surface area contributed by atoms with Crippen LogP contribution in [-0.2, 0) is 0 Å². The van der Waals surface area contributed by atoms with E-state index in [4.69, 9.17) is 5.73 Å². The molecule has 17 heavy (non-hydrogen) atoms. The molecular formula is C11H13BrN4O. The summed E-state index contributed by atoms with van der Waals surface area (Å²) in [5.74, 6) is 0.851. The van der Waals surface area contributed by atoms with Crippen LogP contribution >= 0.6 is 15.9 Å². The van der Waals surface area contributed by atoms with Crippen LogP contribution in [0.5, 0.6) is 0 Å². The van der Waals surface area contributed by atoms with Gasteiger partial charge in [0.2, 0.25) is 5.95 Å². The molecule has 1 heterocycles. The van der Waals surface area contributed by atoms with Gasteiger partial charge in [-0.05, 0) is 25.1 Å². The molecule has 2 rings (SSSR count). The minimum atomic E-state index is -0.448. The molecule has 1 aromatic heterocycles. The second kappa shape index (κ2) is 4.85. The van der Waals surface area contributed by atoms with Crippen molar-refractivity contribution in [2.45, 2.75) is 13.0 Å². The highest BCUT2D eigenvalue weighted by Gasteiger charge is 2.07. The standard InChI is InChI=1S/C11H13BrN4O/c1-6(17)5-14-10-8-3-2-7(12)4-9(8)15-11(13)16-10/h2-4,6,17H,5H2,1H3,(H3,13,14,15,16)/t6-/m1/s1. The van der Waals surface area contributed by atoms with E-state index in [1.807, 2.05) is 18.2 Å². The van der Waals surface area contributed by atoms with E-state index in [0.717, 1.165) is 15.4 Å². The fourth-order valence-electron chi connectivity index (χ4n) is 1.50. The van der Waals surface area contributed by atoms with Gasteiger partial charge in [-0.15, -0.1) is 0 Å². The molecule has 90 valence electrons. The predicted octanol–water partition coefficient (Wildman–Crippen LogP) is 1.77. The number of nitrogens with one attached hydrogen (secondary N) is 1. The third-order valence-corrected chi connectivity index (χ3v) is 2.73. The third-order valence-electron chi connectivity index (χ3n) is 2.24. The van der Waals surface area contributed by atoms with Crippen LogP contribution in [-0.4, -0.2) is 27.7 Å². The van der Waals surface area contributed by atoms with E-state index in [-0.39, 0.29) is 5.95 Å². The second-order valence-electron chi connectivity index (χ2n) is 3.82. The Bertz CT molecular complexity index is 539. The van der Waals surface area contributed by atoms with Gasteiger partial charge in [-0.2, -0.15) is 4.98 Å². The minimum Gasteiger partial charge on any atom is -0.392 e. The summed E-state index contributed by atoms with van der Waals surface area (Å²) in [4.78, 5) is 8.29. The molecule has 0 aliphatic heterocycles.